The highest BCUT2D eigenvalue weighted by molar-refractivity contribution is 7.33. The van der Waals surface area contributed by atoms with Gasteiger partial charge in [0.2, 0.25) is 0 Å². The van der Waals surface area contributed by atoms with Crippen LogP contribution in [0.2, 0.25) is 0 Å². The molecule has 0 saturated heterocycles. The van der Waals surface area contributed by atoms with Crippen LogP contribution in [-0.4, -0.2) is 13.3 Å². The van der Waals surface area contributed by atoms with Gasteiger partial charge in [-0.2, -0.15) is 5.26 Å². The highest BCUT2D eigenvalue weighted by Gasteiger charge is 2.21. The van der Waals surface area contributed by atoms with E-state index in [1.54, 1.807) is 24.3 Å². The number of rotatable bonds is 6. The van der Waals surface area contributed by atoms with Gasteiger partial charge in [-0.3, -0.25) is 5.32 Å². The van der Waals surface area contributed by atoms with Gasteiger partial charge in [0.25, 0.3) is 0 Å². The number of hydrogen-bond donors (Lipinski definition) is 1. The van der Waals surface area contributed by atoms with Crippen LogP contribution < -0.4 is 9.84 Å². The Labute approximate surface area is 88.6 Å². The van der Waals surface area contributed by atoms with E-state index in [1.807, 2.05) is 12.1 Å². The number of hydrogen-bond acceptors (Lipinski definition) is 5. The first-order chi connectivity index (χ1) is 7.33. The fourth-order valence-corrected chi connectivity index (χ4v) is 1.34. The lowest BCUT2D eigenvalue weighted by Crippen LogP contribution is -2.16. The van der Waals surface area contributed by atoms with Crippen LogP contribution in [0.5, 0.6) is 5.75 Å². The summed E-state index contributed by atoms with van der Waals surface area (Å²) in [6.07, 6.45) is 0. The number of para-hydroxylation sites is 1. The minimum absolute atomic E-state index is 0.0234. The van der Waals surface area contributed by atoms with Crippen LogP contribution in [0.15, 0.2) is 30.3 Å². The van der Waals surface area contributed by atoms with Crippen molar-refractivity contribution in [2.75, 3.05) is 13.3 Å². The van der Waals surface area contributed by atoms with Crippen molar-refractivity contribution in [2.45, 2.75) is 0 Å². The monoisotopic (exact) mass is 225 g/mol. The number of nitrogens with zero attached hydrogens (tertiary/aromatic N) is 1. The number of nitriles is 1. The summed E-state index contributed by atoms with van der Waals surface area (Å²) in [4.78, 5) is 0. The summed E-state index contributed by atoms with van der Waals surface area (Å²) < 4.78 is 20.9. The van der Waals surface area contributed by atoms with Crippen molar-refractivity contribution in [1.29, 1.82) is 5.26 Å². The van der Waals surface area contributed by atoms with Gasteiger partial charge >= 0.3 is 8.25 Å². The lowest BCUT2D eigenvalue weighted by atomic mass is 10.3. The Morgan fingerprint density at radius 3 is 2.80 bits per heavy atom. The van der Waals surface area contributed by atoms with E-state index < -0.39 is 8.25 Å². The summed E-state index contributed by atoms with van der Waals surface area (Å²) in [5.41, 5.74) is 0. The van der Waals surface area contributed by atoms with Crippen LogP contribution in [0.1, 0.15) is 0 Å². The van der Waals surface area contributed by atoms with Crippen molar-refractivity contribution in [3.8, 4) is 11.8 Å². The average Bonchev–Trinajstić information content (AvgIpc) is 2.26. The quantitative estimate of drug-likeness (QED) is 0.346. The molecule has 0 spiro atoms. The molecule has 78 valence electrons. The molecule has 0 aliphatic heterocycles. The van der Waals surface area contributed by atoms with Gasteiger partial charge in [0.1, 0.15) is 0 Å². The molecule has 1 rings (SSSR count). The van der Waals surface area contributed by atoms with Gasteiger partial charge in [0.05, 0.1) is 12.6 Å². The molecule has 0 aliphatic rings. The maximum absolute atomic E-state index is 11.2. The highest BCUT2D eigenvalue weighted by atomic mass is 31.1. The molecule has 0 aromatic heterocycles. The maximum Gasteiger partial charge on any atom is 0.751 e. The van der Waals surface area contributed by atoms with E-state index in [-0.39, 0.29) is 13.3 Å². The second-order valence-corrected chi connectivity index (χ2v) is 3.37. The normalized spacial score (nSPS) is 10.5. The molecule has 5 nitrogen and oxygen atoms in total. The van der Waals surface area contributed by atoms with Crippen LogP contribution in [0, 0.1) is 11.3 Å². The molecule has 15 heavy (non-hydrogen) atoms. The molecule has 1 N–H and O–H groups in total. The Bertz CT molecular complexity index is 350. The summed E-state index contributed by atoms with van der Waals surface area (Å²) in [6.45, 7) is 0.171. The van der Waals surface area contributed by atoms with Crippen LogP contribution in [0.25, 0.3) is 0 Å². The molecule has 0 heterocycles. The van der Waals surface area contributed by atoms with Crippen molar-refractivity contribution in [1.82, 2.24) is 5.32 Å². The molecule has 1 aromatic rings. The molecule has 6 heteroatoms. The first kappa shape index (κ1) is 11.6. The Morgan fingerprint density at radius 2 is 2.13 bits per heavy atom. The molecule has 0 aliphatic carbocycles. The van der Waals surface area contributed by atoms with Crippen LogP contribution >= 0.6 is 8.25 Å². The lowest BCUT2D eigenvalue weighted by Gasteiger charge is -1.92. The van der Waals surface area contributed by atoms with Gasteiger partial charge < -0.3 is 0 Å². The van der Waals surface area contributed by atoms with Gasteiger partial charge in [0.15, 0.2) is 12.5 Å². The zero-order chi connectivity index (χ0) is 10.9. The van der Waals surface area contributed by atoms with Crippen molar-refractivity contribution >= 4 is 8.25 Å². The Kier molecular flexibility index (Phi) is 5.34. The molecule has 0 saturated carbocycles. The van der Waals surface area contributed by atoms with E-state index in [4.69, 9.17) is 14.3 Å². The third-order valence-electron chi connectivity index (χ3n) is 1.40. The molecular weight excluding hydrogens is 215 g/mol. The van der Waals surface area contributed by atoms with E-state index >= 15 is 0 Å². The highest BCUT2D eigenvalue weighted by Crippen LogP contribution is 2.26. The molecule has 0 radical (unpaired) electrons. The maximum atomic E-state index is 11.2. The van der Waals surface area contributed by atoms with Gasteiger partial charge in [-0.1, -0.05) is 22.7 Å². The van der Waals surface area contributed by atoms with Crippen molar-refractivity contribution < 1.29 is 13.6 Å². The van der Waals surface area contributed by atoms with E-state index in [9.17, 15) is 4.57 Å². The second kappa shape index (κ2) is 6.91. The Morgan fingerprint density at radius 1 is 1.40 bits per heavy atom. The standard InChI is InChI=1S/C9H10N2O3P/c10-6-7-11-8-13-15(12)14-9-4-2-1-3-5-9/h1-5,11H,7-8H2/q+1. The van der Waals surface area contributed by atoms with Gasteiger partial charge in [-0.05, 0) is 12.1 Å². The Hall–Kier alpha value is -1.47. The summed E-state index contributed by atoms with van der Waals surface area (Å²) in [5.74, 6) is 0.485. The van der Waals surface area contributed by atoms with Gasteiger partial charge in [0, 0.05) is 4.57 Å². The van der Waals surface area contributed by atoms with Crippen molar-refractivity contribution in [2.24, 2.45) is 0 Å². The molecule has 0 amide bonds. The van der Waals surface area contributed by atoms with Gasteiger partial charge in [-0.15, -0.1) is 0 Å². The lowest BCUT2D eigenvalue weighted by molar-refractivity contribution is 0.266. The predicted octanol–water partition coefficient (Wildman–Crippen LogP) is 1.81. The summed E-state index contributed by atoms with van der Waals surface area (Å²) in [5, 5.41) is 10.8. The summed E-state index contributed by atoms with van der Waals surface area (Å²) >= 11 is 0. The third-order valence-corrected chi connectivity index (χ3v) is 2.10. The number of benzene rings is 1. The van der Waals surface area contributed by atoms with E-state index in [0.29, 0.717) is 5.75 Å². The fourth-order valence-electron chi connectivity index (χ4n) is 0.799. The average molecular weight is 225 g/mol. The van der Waals surface area contributed by atoms with Crippen LogP contribution in [0.4, 0.5) is 0 Å². The summed E-state index contributed by atoms with van der Waals surface area (Å²) in [7, 11) is -2.20. The minimum atomic E-state index is -2.20. The van der Waals surface area contributed by atoms with Crippen molar-refractivity contribution in [3.63, 3.8) is 0 Å². The van der Waals surface area contributed by atoms with E-state index in [1.165, 1.54) is 0 Å². The molecule has 1 atom stereocenters. The first-order valence-electron chi connectivity index (χ1n) is 4.24. The van der Waals surface area contributed by atoms with Gasteiger partial charge in [-0.25, -0.2) is 4.52 Å². The largest absolute Gasteiger partial charge is 0.751 e. The molecule has 1 unspecified atom stereocenters. The molecular formula is C9H10N2O3P+. The minimum Gasteiger partial charge on any atom is -0.278 e. The predicted molar refractivity (Wildman–Crippen MR) is 54.2 cm³/mol. The first-order valence-corrected chi connectivity index (χ1v) is 5.33. The second-order valence-electron chi connectivity index (χ2n) is 2.49. The molecule has 1 aromatic carbocycles. The topological polar surface area (TPSA) is 71.3 Å². The Balaban J connectivity index is 2.22. The van der Waals surface area contributed by atoms with Crippen LogP contribution in [0.3, 0.4) is 0 Å². The van der Waals surface area contributed by atoms with E-state index in [0.717, 1.165) is 0 Å². The summed E-state index contributed by atoms with van der Waals surface area (Å²) in [6, 6.07) is 10.6. The molecule has 0 bridgehead atoms. The van der Waals surface area contributed by atoms with Crippen molar-refractivity contribution in [3.05, 3.63) is 30.3 Å². The zero-order valence-corrected chi connectivity index (χ0v) is 8.81. The van der Waals surface area contributed by atoms with E-state index in [2.05, 4.69) is 5.32 Å². The SMILES string of the molecule is N#CCNCO[P+](=O)Oc1ccccc1. The fraction of sp³-hybridized carbons (Fsp3) is 0.222. The number of nitrogens with one attached hydrogen (secondary N) is 1. The molecule has 0 fully saturated rings. The smallest absolute Gasteiger partial charge is 0.278 e. The third kappa shape index (κ3) is 5.08. The zero-order valence-electron chi connectivity index (χ0n) is 7.92. The van der Waals surface area contributed by atoms with Crippen LogP contribution in [-0.2, 0) is 9.09 Å².